The predicted octanol–water partition coefficient (Wildman–Crippen LogP) is 6.21. The van der Waals surface area contributed by atoms with Crippen molar-refractivity contribution in [3.63, 3.8) is 0 Å². The highest BCUT2D eigenvalue weighted by Gasteiger charge is 2.41. The van der Waals surface area contributed by atoms with E-state index in [1.54, 1.807) is 6.92 Å². The molecule has 1 aliphatic heterocycles. The van der Waals surface area contributed by atoms with Crippen molar-refractivity contribution in [1.29, 1.82) is 5.26 Å². The minimum Gasteiger partial charge on any atom is -0.297 e. The summed E-state index contributed by atoms with van der Waals surface area (Å²) in [5.41, 5.74) is -2.41. The summed E-state index contributed by atoms with van der Waals surface area (Å²) in [6.07, 6.45) is -5.19. The van der Waals surface area contributed by atoms with Crippen LogP contribution in [0, 0.1) is 40.4 Å². The van der Waals surface area contributed by atoms with Gasteiger partial charge < -0.3 is 0 Å². The Morgan fingerprint density at radius 1 is 1.12 bits per heavy atom. The monoisotopic (exact) mass is 506 g/mol. The number of hydrogen-bond donors (Lipinski definition) is 1. The van der Waals surface area contributed by atoms with Crippen LogP contribution in [0.25, 0.3) is 0 Å². The molecule has 4 nitrogen and oxygen atoms in total. The Bertz CT molecular complexity index is 1220. The topological polar surface area (TPSA) is 60.5 Å². The molecule has 0 amide bonds. The van der Waals surface area contributed by atoms with E-state index in [2.05, 4.69) is 15.5 Å². The van der Waals surface area contributed by atoms with Crippen LogP contribution in [0.4, 0.5) is 40.8 Å². The number of hydrazone groups is 1. The predicted molar refractivity (Wildman–Crippen MR) is 110 cm³/mol. The van der Waals surface area contributed by atoms with Crippen molar-refractivity contribution in [3.05, 3.63) is 64.0 Å². The number of nitrogens with one attached hydrogen (secondary N) is 1. The van der Waals surface area contributed by atoms with Crippen LogP contribution in [0.1, 0.15) is 37.0 Å². The number of hydrogen-bond acceptors (Lipinski definition) is 5. The van der Waals surface area contributed by atoms with Crippen LogP contribution in [0.3, 0.4) is 0 Å². The van der Waals surface area contributed by atoms with Gasteiger partial charge in [-0.05, 0) is 30.9 Å². The summed E-state index contributed by atoms with van der Waals surface area (Å²) in [5.74, 6) is -10.3. The molecule has 0 saturated carbocycles. The molecule has 0 aliphatic carbocycles. The van der Waals surface area contributed by atoms with Gasteiger partial charge >= 0.3 is 6.18 Å². The largest absolute Gasteiger partial charge is 0.417 e. The minimum atomic E-state index is -4.81. The third-order valence-electron chi connectivity index (χ3n) is 4.87. The first-order valence-corrected chi connectivity index (χ1v) is 10.5. The first-order valence-electron chi connectivity index (χ1n) is 9.52. The van der Waals surface area contributed by atoms with Crippen LogP contribution in [-0.4, -0.2) is 22.0 Å². The van der Waals surface area contributed by atoms with Crippen molar-refractivity contribution >= 4 is 28.2 Å². The summed E-state index contributed by atoms with van der Waals surface area (Å²) in [6.45, 7) is 3.18. The highest BCUT2D eigenvalue weighted by molar-refractivity contribution is 8.14. The number of aliphatic imine (C=N–C) groups is 1. The molecule has 0 saturated heterocycles. The Kier molecular flexibility index (Phi) is 6.93. The molecule has 34 heavy (non-hydrogen) atoms. The Morgan fingerprint density at radius 3 is 2.24 bits per heavy atom. The van der Waals surface area contributed by atoms with E-state index in [9.17, 15) is 35.1 Å². The lowest BCUT2D eigenvalue weighted by atomic mass is 9.94. The Balaban J connectivity index is 2.03. The van der Waals surface area contributed by atoms with Gasteiger partial charge in [-0.1, -0.05) is 6.92 Å². The number of alkyl halides is 3. The van der Waals surface area contributed by atoms with Crippen LogP contribution < -0.4 is 5.43 Å². The first-order chi connectivity index (χ1) is 15.8. The van der Waals surface area contributed by atoms with Gasteiger partial charge in [-0.2, -0.15) is 23.5 Å². The van der Waals surface area contributed by atoms with Crippen LogP contribution in [0.5, 0.6) is 0 Å². The van der Waals surface area contributed by atoms with Crippen molar-refractivity contribution in [3.8, 4) is 6.07 Å². The summed E-state index contributed by atoms with van der Waals surface area (Å²) in [6, 6.07) is 4.28. The van der Waals surface area contributed by atoms with E-state index < -0.39 is 63.2 Å². The van der Waals surface area contributed by atoms with Gasteiger partial charge in [-0.3, -0.25) is 5.43 Å². The van der Waals surface area contributed by atoms with E-state index >= 15 is 0 Å². The summed E-state index contributed by atoms with van der Waals surface area (Å²) < 4.78 is 109. The van der Waals surface area contributed by atoms with Gasteiger partial charge in [0, 0.05) is 6.42 Å². The number of benzene rings is 2. The van der Waals surface area contributed by atoms with Crippen LogP contribution in [-0.2, 0) is 6.18 Å². The van der Waals surface area contributed by atoms with Crippen LogP contribution >= 0.6 is 11.8 Å². The quantitative estimate of drug-likeness (QED) is 0.176. The second kappa shape index (κ2) is 9.25. The van der Waals surface area contributed by atoms with Gasteiger partial charge in [0.2, 0.25) is 5.82 Å². The zero-order chi connectivity index (χ0) is 25.4. The molecule has 180 valence electrons. The third-order valence-corrected chi connectivity index (χ3v) is 5.97. The number of nitrogens with zero attached hydrogens (tertiary/aromatic N) is 3. The molecular weight excluding hydrogens is 492 g/mol. The molecule has 0 fully saturated rings. The molecule has 3 rings (SSSR count). The molecule has 1 N–H and O–H groups in total. The second-order valence-corrected chi connectivity index (χ2v) is 8.57. The zero-order valence-electron chi connectivity index (χ0n) is 17.4. The van der Waals surface area contributed by atoms with Gasteiger partial charge in [-0.15, -0.1) is 11.8 Å². The number of rotatable bonds is 4. The van der Waals surface area contributed by atoms with Crippen molar-refractivity contribution < 1.29 is 35.1 Å². The first kappa shape index (κ1) is 25.5. The fraction of sp³-hybridized carbons (Fsp3) is 0.286. The van der Waals surface area contributed by atoms with E-state index in [1.807, 2.05) is 0 Å². The maximum atomic E-state index is 14.2. The maximum Gasteiger partial charge on any atom is 0.417 e. The van der Waals surface area contributed by atoms with Gasteiger partial charge in [-0.25, -0.2) is 26.9 Å². The summed E-state index contributed by atoms with van der Waals surface area (Å²) >= 11 is 1.08. The molecule has 0 spiro atoms. The molecule has 0 radical (unpaired) electrons. The Labute approximate surface area is 192 Å². The molecule has 0 aromatic heterocycles. The standard InChI is InChI=1S/C21H14F8N4S/c1-3-34-19(31-10-5-4-9(8-30)11(6-10)21(27,28)29)20(2)7-12(32-33-20)13-14(22)16(24)18(26)17(25)15(13)23/h4-6,33H,3,7H2,1-2H3/b31-19-. The van der Waals surface area contributed by atoms with Crippen LogP contribution in [0.2, 0.25) is 0 Å². The molecule has 1 aliphatic rings. The lowest BCUT2D eigenvalue weighted by Gasteiger charge is -2.25. The average Bonchev–Trinajstić information content (AvgIpc) is 3.18. The SMILES string of the molecule is CCS/C(=N\c1ccc(C#N)c(C(F)(F)F)c1)C1(C)CC(c2c(F)c(F)c(F)c(F)c2F)=NN1. The normalized spacial score (nSPS) is 18.5. The van der Waals surface area contributed by atoms with E-state index in [0.29, 0.717) is 11.8 Å². The van der Waals surface area contributed by atoms with Crippen molar-refractivity contribution in [1.82, 2.24) is 5.43 Å². The zero-order valence-corrected chi connectivity index (χ0v) is 18.2. The number of thioether (sulfide) groups is 1. The Hall–Kier alpha value is -3.14. The molecule has 0 bridgehead atoms. The molecule has 1 heterocycles. The molecule has 2 aromatic rings. The molecule has 1 unspecified atom stereocenters. The second-order valence-electron chi connectivity index (χ2n) is 7.31. The fourth-order valence-electron chi connectivity index (χ4n) is 3.23. The summed E-state index contributed by atoms with van der Waals surface area (Å²) in [5, 5.41) is 12.8. The smallest absolute Gasteiger partial charge is 0.297 e. The minimum absolute atomic E-state index is 0.149. The molecule has 13 heteroatoms. The number of halogens is 8. The fourth-order valence-corrected chi connectivity index (χ4v) is 4.11. The van der Waals surface area contributed by atoms with E-state index in [1.165, 1.54) is 19.1 Å². The van der Waals surface area contributed by atoms with Crippen molar-refractivity contribution in [2.75, 3.05) is 5.75 Å². The van der Waals surface area contributed by atoms with Crippen LogP contribution in [0.15, 0.2) is 28.3 Å². The van der Waals surface area contributed by atoms with Gasteiger partial charge in [0.15, 0.2) is 23.3 Å². The highest BCUT2D eigenvalue weighted by Crippen LogP contribution is 2.36. The van der Waals surface area contributed by atoms with Gasteiger partial charge in [0.1, 0.15) is 10.6 Å². The maximum absolute atomic E-state index is 14.2. The third kappa shape index (κ3) is 4.59. The summed E-state index contributed by atoms with van der Waals surface area (Å²) in [7, 11) is 0. The molecule has 1 atom stereocenters. The summed E-state index contributed by atoms with van der Waals surface area (Å²) in [4.78, 5) is 4.21. The molecular formula is C21H14F8N4S. The lowest BCUT2D eigenvalue weighted by Crippen LogP contribution is -2.43. The number of nitriles is 1. The van der Waals surface area contributed by atoms with E-state index in [4.69, 9.17) is 5.26 Å². The lowest BCUT2D eigenvalue weighted by molar-refractivity contribution is -0.137. The van der Waals surface area contributed by atoms with Crippen molar-refractivity contribution in [2.45, 2.75) is 32.0 Å². The van der Waals surface area contributed by atoms with E-state index in [-0.39, 0.29) is 17.2 Å². The highest BCUT2D eigenvalue weighted by atomic mass is 32.2. The van der Waals surface area contributed by atoms with Crippen molar-refractivity contribution in [2.24, 2.45) is 10.1 Å². The average molecular weight is 506 g/mol. The molecule has 2 aromatic carbocycles. The van der Waals surface area contributed by atoms with Gasteiger partial charge in [0.25, 0.3) is 0 Å². The van der Waals surface area contributed by atoms with Gasteiger partial charge in [0.05, 0.1) is 34.2 Å². The Morgan fingerprint density at radius 2 is 1.71 bits per heavy atom. The van der Waals surface area contributed by atoms with E-state index in [0.717, 1.165) is 17.8 Å².